The van der Waals surface area contributed by atoms with Gasteiger partial charge >= 0.3 is 0 Å². The quantitative estimate of drug-likeness (QED) is 0.767. The highest BCUT2D eigenvalue weighted by Gasteiger charge is 2.38. The number of hydrogen-bond donors (Lipinski definition) is 1. The SMILES string of the molecule is O[C@@H](c1ccccc1)[C@H]1C=C[C@H]2CO[C@@H]1O2. The van der Waals surface area contributed by atoms with Gasteiger partial charge in [-0.15, -0.1) is 0 Å². The van der Waals surface area contributed by atoms with Gasteiger partial charge < -0.3 is 14.6 Å². The molecule has 1 saturated heterocycles. The first-order valence-electron chi connectivity index (χ1n) is 5.53. The summed E-state index contributed by atoms with van der Waals surface area (Å²) in [6.45, 7) is 0.596. The lowest BCUT2D eigenvalue weighted by atomic mass is 9.93. The summed E-state index contributed by atoms with van der Waals surface area (Å²) in [6, 6.07) is 9.61. The minimum absolute atomic E-state index is 0.0734. The predicted molar refractivity (Wildman–Crippen MR) is 58.6 cm³/mol. The molecule has 0 unspecified atom stereocenters. The molecule has 3 rings (SSSR count). The van der Waals surface area contributed by atoms with Crippen molar-refractivity contribution >= 4 is 0 Å². The Kier molecular flexibility index (Phi) is 2.52. The van der Waals surface area contributed by atoms with E-state index in [1.165, 1.54) is 0 Å². The van der Waals surface area contributed by atoms with Gasteiger partial charge in [0.25, 0.3) is 0 Å². The lowest BCUT2D eigenvalue weighted by Gasteiger charge is -2.27. The van der Waals surface area contributed by atoms with E-state index in [9.17, 15) is 5.11 Å². The normalized spacial score (nSPS) is 33.9. The van der Waals surface area contributed by atoms with E-state index in [1.54, 1.807) is 0 Å². The molecule has 0 saturated carbocycles. The van der Waals surface area contributed by atoms with Crippen LogP contribution in [0.15, 0.2) is 42.5 Å². The van der Waals surface area contributed by atoms with Crippen molar-refractivity contribution in [1.82, 2.24) is 0 Å². The van der Waals surface area contributed by atoms with Gasteiger partial charge in [-0.1, -0.05) is 42.5 Å². The molecule has 2 heterocycles. The number of fused-ring (bicyclic) bond motifs is 2. The van der Waals surface area contributed by atoms with E-state index < -0.39 is 6.10 Å². The fraction of sp³-hybridized carbons (Fsp3) is 0.385. The lowest BCUT2D eigenvalue weighted by Crippen LogP contribution is -2.29. The summed E-state index contributed by atoms with van der Waals surface area (Å²) in [5, 5.41) is 10.3. The van der Waals surface area contributed by atoms with Crippen LogP contribution in [0.25, 0.3) is 0 Å². The van der Waals surface area contributed by atoms with Crippen LogP contribution >= 0.6 is 0 Å². The predicted octanol–water partition coefficient (Wildman–Crippen LogP) is 1.65. The third-order valence-electron chi connectivity index (χ3n) is 3.10. The number of rotatable bonds is 2. The minimum atomic E-state index is -0.568. The van der Waals surface area contributed by atoms with E-state index in [-0.39, 0.29) is 18.3 Å². The molecule has 1 aromatic carbocycles. The number of aliphatic hydroxyl groups excluding tert-OH is 1. The fourth-order valence-electron chi connectivity index (χ4n) is 2.21. The molecule has 0 radical (unpaired) electrons. The minimum Gasteiger partial charge on any atom is -0.388 e. The third-order valence-corrected chi connectivity index (χ3v) is 3.10. The van der Waals surface area contributed by atoms with E-state index in [0.29, 0.717) is 6.61 Å². The smallest absolute Gasteiger partial charge is 0.167 e. The molecule has 3 nitrogen and oxygen atoms in total. The maximum absolute atomic E-state index is 10.3. The molecular formula is C13H14O3. The second kappa shape index (κ2) is 4.01. The molecule has 16 heavy (non-hydrogen) atoms. The Morgan fingerprint density at radius 2 is 2.00 bits per heavy atom. The summed E-state index contributed by atoms with van der Waals surface area (Å²) >= 11 is 0. The number of aliphatic hydroxyl groups is 1. The van der Waals surface area contributed by atoms with Crippen LogP contribution in [0.1, 0.15) is 11.7 Å². The van der Waals surface area contributed by atoms with E-state index in [0.717, 1.165) is 5.56 Å². The van der Waals surface area contributed by atoms with Gasteiger partial charge in [-0.05, 0) is 5.56 Å². The van der Waals surface area contributed by atoms with Crippen LogP contribution in [-0.4, -0.2) is 24.1 Å². The molecule has 4 atom stereocenters. The van der Waals surface area contributed by atoms with Gasteiger partial charge in [0.1, 0.15) is 6.10 Å². The van der Waals surface area contributed by atoms with Gasteiger partial charge in [-0.3, -0.25) is 0 Å². The molecule has 0 spiro atoms. The topological polar surface area (TPSA) is 38.7 Å². The average molecular weight is 218 g/mol. The maximum atomic E-state index is 10.3. The molecular weight excluding hydrogens is 204 g/mol. The Morgan fingerprint density at radius 3 is 2.81 bits per heavy atom. The van der Waals surface area contributed by atoms with E-state index >= 15 is 0 Å². The molecule has 0 aromatic heterocycles. The Labute approximate surface area is 94.3 Å². The average Bonchev–Trinajstić information content (AvgIpc) is 2.72. The largest absolute Gasteiger partial charge is 0.388 e. The Morgan fingerprint density at radius 1 is 1.19 bits per heavy atom. The van der Waals surface area contributed by atoms with Gasteiger partial charge in [0, 0.05) is 0 Å². The molecule has 1 N–H and O–H groups in total. The summed E-state index contributed by atoms with van der Waals surface area (Å²) in [7, 11) is 0. The third kappa shape index (κ3) is 1.67. The zero-order chi connectivity index (χ0) is 11.0. The van der Waals surface area contributed by atoms with E-state index in [4.69, 9.17) is 9.47 Å². The summed E-state index contributed by atoms with van der Waals surface area (Å²) in [5.41, 5.74) is 0.898. The Bertz CT molecular complexity index is 387. The van der Waals surface area contributed by atoms with Crippen LogP contribution in [0.5, 0.6) is 0 Å². The van der Waals surface area contributed by atoms with Gasteiger partial charge in [0.05, 0.1) is 18.6 Å². The zero-order valence-electron chi connectivity index (χ0n) is 8.82. The Hall–Kier alpha value is -1.16. The van der Waals surface area contributed by atoms with Gasteiger partial charge in [0.2, 0.25) is 0 Å². The van der Waals surface area contributed by atoms with E-state index in [2.05, 4.69) is 0 Å². The maximum Gasteiger partial charge on any atom is 0.167 e. The number of ether oxygens (including phenoxy) is 2. The summed E-state index contributed by atoms with van der Waals surface area (Å²) in [4.78, 5) is 0. The molecule has 2 bridgehead atoms. The summed E-state index contributed by atoms with van der Waals surface area (Å²) < 4.78 is 11.1. The summed E-state index contributed by atoms with van der Waals surface area (Å²) in [6.07, 6.45) is 3.18. The first kappa shape index (κ1) is 10.0. The fourth-order valence-corrected chi connectivity index (χ4v) is 2.21. The van der Waals surface area contributed by atoms with Crippen molar-refractivity contribution in [3.8, 4) is 0 Å². The van der Waals surface area contributed by atoms with Crippen LogP contribution < -0.4 is 0 Å². The van der Waals surface area contributed by atoms with Crippen LogP contribution in [0, 0.1) is 5.92 Å². The van der Waals surface area contributed by atoms with Crippen LogP contribution in [-0.2, 0) is 9.47 Å². The molecule has 1 fully saturated rings. The highest BCUT2D eigenvalue weighted by molar-refractivity contribution is 5.20. The van der Waals surface area contributed by atoms with Crippen molar-refractivity contribution in [2.45, 2.75) is 18.5 Å². The van der Waals surface area contributed by atoms with Crippen molar-refractivity contribution in [2.24, 2.45) is 5.92 Å². The van der Waals surface area contributed by atoms with Gasteiger partial charge in [-0.25, -0.2) is 0 Å². The Balaban J connectivity index is 1.83. The standard InChI is InChI=1S/C13H14O3/c14-12(9-4-2-1-3-5-9)11-7-6-10-8-15-13(11)16-10/h1-7,10-14H,8H2/t10-,11+,12-,13+/m0/s1. The second-order valence-corrected chi connectivity index (χ2v) is 4.19. The van der Waals surface area contributed by atoms with Crippen molar-refractivity contribution in [2.75, 3.05) is 6.61 Å². The van der Waals surface area contributed by atoms with Crippen LogP contribution in [0.4, 0.5) is 0 Å². The first-order valence-corrected chi connectivity index (χ1v) is 5.53. The van der Waals surface area contributed by atoms with Gasteiger partial charge in [0.15, 0.2) is 6.29 Å². The molecule has 0 aliphatic carbocycles. The molecule has 2 aliphatic heterocycles. The molecule has 1 aromatic rings. The monoisotopic (exact) mass is 218 g/mol. The van der Waals surface area contributed by atoms with Crippen molar-refractivity contribution in [3.05, 3.63) is 48.0 Å². The molecule has 2 aliphatic rings. The molecule has 3 heteroatoms. The van der Waals surface area contributed by atoms with Crippen molar-refractivity contribution < 1.29 is 14.6 Å². The van der Waals surface area contributed by atoms with Gasteiger partial charge in [-0.2, -0.15) is 0 Å². The highest BCUT2D eigenvalue weighted by atomic mass is 16.7. The zero-order valence-corrected chi connectivity index (χ0v) is 8.82. The number of benzene rings is 1. The van der Waals surface area contributed by atoms with Crippen molar-refractivity contribution in [3.63, 3.8) is 0 Å². The first-order chi connectivity index (χ1) is 7.84. The lowest BCUT2D eigenvalue weighted by molar-refractivity contribution is -0.114. The molecule has 0 amide bonds. The molecule has 84 valence electrons. The number of hydrogen-bond acceptors (Lipinski definition) is 3. The highest BCUT2D eigenvalue weighted by Crippen LogP contribution is 2.34. The van der Waals surface area contributed by atoms with Crippen LogP contribution in [0.3, 0.4) is 0 Å². The van der Waals surface area contributed by atoms with Crippen LogP contribution in [0.2, 0.25) is 0 Å². The summed E-state index contributed by atoms with van der Waals surface area (Å²) in [5.74, 6) is -0.110. The van der Waals surface area contributed by atoms with Crippen molar-refractivity contribution in [1.29, 1.82) is 0 Å². The van der Waals surface area contributed by atoms with E-state index in [1.807, 2.05) is 42.5 Å². The second-order valence-electron chi connectivity index (χ2n) is 4.19.